The van der Waals surface area contributed by atoms with Crippen molar-refractivity contribution in [1.29, 1.82) is 0 Å². The first kappa shape index (κ1) is 23.5. The lowest BCUT2D eigenvalue weighted by molar-refractivity contribution is -0.119. The normalized spacial score (nSPS) is 10.8. The van der Waals surface area contributed by atoms with Crippen molar-refractivity contribution in [2.24, 2.45) is 5.10 Å². The van der Waals surface area contributed by atoms with Gasteiger partial charge in [-0.1, -0.05) is 54.6 Å². The van der Waals surface area contributed by atoms with Crippen molar-refractivity contribution in [3.05, 3.63) is 102 Å². The molecule has 0 fully saturated rings. The zero-order valence-corrected chi connectivity index (χ0v) is 19.2. The van der Waals surface area contributed by atoms with E-state index in [1.807, 2.05) is 55.5 Å². The van der Waals surface area contributed by atoms with E-state index in [9.17, 15) is 9.59 Å². The van der Waals surface area contributed by atoms with E-state index in [1.54, 1.807) is 42.5 Å². The quantitative estimate of drug-likeness (QED) is 0.156. The van der Waals surface area contributed by atoms with Crippen LogP contribution in [0.2, 0.25) is 0 Å². The summed E-state index contributed by atoms with van der Waals surface area (Å²) in [5.41, 5.74) is 4.51. The average molecular weight is 468 g/mol. The zero-order valence-electron chi connectivity index (χ0n) is 19.2. The van der Waals surface area contributed by atoms with Crippen molar-refractivity contribution < 1.29 is 19.1 Å². The second-order valence-electron chi connectivity index (χ2n) is 7.57. The van der Waals surface area contributed by atoms with Gasteiger partial charge in [0.05, 0.1) is 24.9 Å². The van der Waals surface area contributed by atoms with E-state index >= 15 is 0 Å². The predicted molar refractivity (Wildman–Crippen MR) is 137 cm³/mol. The minimum absolute atomic E-state index is 0.0733. The number of anilines is 1. The van der Waals surface area contributed by atoms with E-state index in [-0.39, 0.29) is 12.5 Å². The fourth-order valence-electron chi connectivity index (χ4n) is 3.46. The highest BCUT2D eigenvalue weighted by Crippen LogP contribution is 2.29. The van der Waals surface area contributed by atoms with Crippen molar-refractivity contribution in [2.75, 3.05) is 18.5 Å². The number of esters is 1. The lowest BCUT2D eigenvalue weighted by Crippen LogP contribution is -2.25. The molecule has 0 aliphatic heterocycles. The lowest BCUT2D eigenvalue weighted by Gasteiger charge is -2.11. The number of hydrogen-bond acceptors (Lipinski definition) is 6. The fraction of sp³-hybridized carbons (Fsp3) is 0.107. The summed E-state index contributed by atoms with van der Waals surface area (Å²) in [5, 5.41) is 9.31. The second kappa shape index (κ2) is 11.5. The Morgan fingerprint density at radius 1 is 0.886 bits per heavy atom. The number of hydrogen-bond donors (Lipinski definition) is 2. The molecule has 0 bridgehead atoms. The van der Waals surface area contributed by atoms with E-state index in [4.69, 9.17) is 9.47 Å². The monoisotopic (exact) mass is 467 g/mol. The Balaban J connectivity index is 1.36. The average Bonchev–Trinajstić information content (AvgIpc) is 2.89. The maximum atomic E-state index is 12.4. The Hall–Kier alpha value is -4.65. The SMILES string of the molecule is CCOc1cc(/C=N\NC(=O)CNc2cccc3ccccc23)ccc1OC(=O)c1ccccc1. The van der Waals surface area contributed by atoms with Crippen LogP contribution < -0.4 is 20.2 Å². The van der Waals surface area contributed by atoms with Gasteiger partial charge in [0.2, 0.25) is 0 Å². The molecular formula is C28H25N3O4. The van der Waals surface area contributed by atoms with E-state index in [0.717, 1.165) is 16.5 Å². The van der Waals surface area contributed by atoms with Crippen LogP contribution in [0.3, 0.4) is 0 Å². The van der Waals surface area contributed by atoms with Gasteiger partial charge in [-0.3, -0.25) is 4.79 Å². The first-order valence-electron chi connectivity index (χ1n) is 11.2. The van der Waals surface area contributed by atoms with E-state index in [1.165, 1.54) is 6.21 Å². The molecule has 0 aliphatic carbocycles. The number of benzene rings is 4. The smallest absolute Gasteiger partial charge is 0.343 e. The number of hydrazone groups is 1. The number of nitrogens with zero attached hydrogens (tertiary/aromatic N) is 1. The van der Waals surface area contributed by atoms with E-state index in [0.29, 0.717) is 29.2 Å². The Morgan fingerprint density at radius 3 is 2.49 bits per heavy atom. The van der Waals surface area contributed by atoms with Gasteiger partial charge in [0.25, 0.3) is 5.91 Å². The van der Waals surface area contributed by atoms with Crippen LogP contribution in [0.15, 0.2) is 96.1 Å². The van der Waals surface area contributed by atoms with Crippen LogP contribution in [0.25, 0.3) is 10.8 Å². The number of fused-ring (bicyclic) bond motifs is 1. The lowest BCUT2D eigenvalue weighted by atomic mass is 10.1. The molecule has 0 saturated heterocycles. The van der Waals surface area contributed by atoms with Gasteiger partial charge in [-0.15, -0.1) is 0 Å². The molecule has 0 aliphatic rings. The van der Waals surface area contributed by atoms with Gasteiger partial charge >= 0.3 is 5.97 Å². The van der Waals surface area contributed by atoms with Gasteiger partial charge in [0.1, 0.15) is 0 Å². The Kier molecular flexibility index (Phi) is 7.70. The van der Waals surface area contributed by atoms with Gasteiger partial charge in [0, 0.05) is 11.1 Å². The van der Waals surface area contributed by atoms with Crippen LogP contribution in [0, 0.1) is 0 Å². The van der Waals surface area contributed by atoms with Crippen LogP contribution in [-0.2, 0) is 4.79 Å². The van der Waals surface area contributed by atoms with Crippen LogP contribution in [-0.4, -0.2) is 31.2 Å². The molecule has 2 N–H and O–H groups in total. The van der Waals surface area contributed by atoms with Gasteiger partial charge in [-0.05, 0) is 54.3 Å². The predicted octanol–water partition coefficient (Wildman–Crippen LogP) is 5.02. The van der Waals surface area contributed by atoms with Gasteiger partial charge in [-0.25, -0.2) is 10.2 Å². The summed E-state index contributed by atoms with van der Waals surface area (Å²) in [6.45, 7) is 2.31. The zero-order chi connectivity index (χ0) is 24.5. The third kappa shape index (κ3) is 6.23. The van der Waals surface area contributed by atoms with Crippen LogP contribution in [0.1, 0.15) is 22.8 Å². The number of carbonyl (C=O) groups is 2. The van der Waals surface area contributed by atoms with Crippen molar-refractivity contribution in [1.82, 2.24) is 5.43 Å². The number of amides is 1. The molecule has 4 aromatic carbocycles. The largest absolute Gasteiger partial charge is 0.490 e. The van der Waals surface area contributed by atoms with Crippen molar-refractivity contribution in [2.45, 2.75) is 6.92 Å². The molecule has 1 amide bonds. The molecule has 0 radical (unpaired) electrons. The molecule has 0 spiro atoms. The highest BCUT2D eigenvalue weighted by Gasteiger charge is 2.13. The highest BCUT2D eigenvalue weighted by molar-refractivity contribution is 5.95. The minimum atomic E-state index is -0.473. The standard InChI is InChI=1S/C28H25N3O4/c1-2-34-26-17-20(15-16-25(26)35-28(33)22-10-4-3-5-11-22)18-30-31-27(32)19-29-24-14-8-12-21-9-6-7-13-23(21)24/h3-18,29H,2,19H2,1H3,(H,31,32)/b30-18-. The first-order valence-corrected chi connectivity index (χ1v) is 11.2. The maximum absolute atomic E-state index is 12.4. The molecule has 7 nitrogen and oxygen atoms in total. The Bertz CT molecular complexity index is 1350. The summed E-state index contributed by atoms with van der Waals surface area (Å²) < 4.78 is 11.1. The van der Waals surface area contributed by atoms with Crippen LogP contribution >= 0.6 is 0 Å². The molecule has 176 valence electrons. The summed E-state index contributed by atoms with van der Waals surface area (Å²) in [6, 6.07) is 27.6. The van der Waals surface area contributed by atoms with E-state index in [2.05, 4.69) is 15.8 Å². The number of carbonyl (C=O) groups excluding carboxylic acids is 2. The molecule has 0 heterocycles. The molecule has 4 rings (SSSR count). The number of nitrogens with one attached hydrogen (secondary N) is 2. The van der Waals surface area contributed by atoms with Crippen molar-refractivity contribution in [3.63, 3.8) is 0 Å². The van der Waals surface area contributed by atoms with Gasteiger partial charge < -0.3 is 14.8 Å². The Labute approximate surface area is 203 Å². The van der Waals surface area contributed by atoms with E-state index < -0.39 is 5.97 Å². The topological polar surface area (TPSA) is 89.0 Å². The van der Waals surface area contributed by atoms with Crippen LogP contribution in [0.4, 0.5) is 5.69 Å². The first-order chi connectivity index (χ1) is 17.1. The highest BCUT2D eigenvalue weighted by atomic mass is 16.6. The second-order valence-corrected chi connectivity index (χ2v) is 7.57. The molecule has 0 aromatic heterocycles. The van der Waals surface area contributed by atoms with Crippen molar-refractivity contribution >= 4 is 34.6 Å². The molecule has 0 unspecified atom stereocenters. The third-order valence-corrected chi connectivity index (χ3v) is 5.11. The summed E-state index contributed by atoms with van der Waals surface area (Å²) in [7, 11) is 0. The number of rotatable bonds is 9. The molecule has 7 heteroatoms. The van der Waals surface area contributed by atoms with Crippen molar-refractivity contribution in [3.8, 4) is 11.5 Å². The fourth-order valence-corrected chi connectivity index (χ4v) is 3.46. The molecule has 4 aromatic rings. The molecule has 0 atom stereocenters. The third-order valence-electron chi connectivity index (χ3n) is 5.11. The number of ether oxygens (including phenoxy) is 2. The molecule has 35 heavy (non-hydrogen) atoms. The molecular weight excluding hydrogens is 442 g/mol. The summed E-state index contributed by atoms with van der Waals surface area (Å²) in [6.07, 6.45) is 1.50. The summed E-state index contributed by atoms with van der Waals surface area (Å²) >= 11 is 0. The molecule has 0 saturated carbocycles. The summed E-state index contributed by atoms with van der Waals surface area (Å²) in [5.74, 6) is -0.0441. The minimum Gasteiger partial charge on any atom is -0.490 e. The van der Waals surface area contributed by atoms with Gasteiger partial charge in [0.15, 0.2) is 11.5 Å². The van der Waals surface area contributed by atoms with Gasteiger partial charge in [-0.2, -0.15) is 5.10 Å². The Morgan fingerprint density at radius 2 is 1.66 bits per heavy atom. The maximum Gasteiger partial charge on any atom is 0.343 e. The van der Waals surface area contributed by atoms with Crippen LogP contribution in [0.5, 0.6) is 11.5 Å². The summed E-state index contributed by atoms with van der Waals surface area (Å²) in [4.78, 5) is 24.6.